The van der Waals surface area contributed by atoms with Gasteiger partial charge in [0.05, 0.1) is 15.6 Å². The molecule has 88 valence electrons. The minimum atomic E-state index is -0.329. The summed E-state index contributed by atoms with van der Waals surface area (Å²) >= 11 is 7.26. The lowest BCUT2D eigenvalue weighted by Crippen LogP contribution is -1.86. The van der Waals surface area contributed by atoms with Crippen LogP contribution in [0.15, 0.2) is 12.1 Å². The van der Waals surface area contributed by atoms with Gasteiger partial charge in [-0.2, -0.15) is 0 Å². The Hall–Kier alpha value is -1.26. The smallest absolute Gasteiger partial charge is 0.161 e. The number of aldehydes is 1. The van der Waals surface area contributed by atoms with Crippen LogP contribution in [0.4, 0.5) is 4.39 Å². The number of aromatic nitrogens is 1. The van der Waals surface area contributed by atoms with Crippen molar-refractivity contribution in [2.75, 3.05) is 0 Å². The van der Waals surface area contributed by atoms with Gasteiger partial charge in [0, 0.05) is 5.56 Å². The fraction of sp³-hybridized carbons (Fsp3) is 0.167. The number of benzene rings is 1. The maximum atomic E-state index is 13.5. The second-order valence-corrected chi connectivity index (χ2v) is 5.11. The van der Waals surface area contributed by atoms with Crippen molar-refractivity contribution in [1.29, 1.82) is 0 Å². The molecule has 0 amide bonds. The average Bonchev–Trinajstić information content (AvgIpc) is 2.65. The van der Waals surface area contributed by atoms with Gasteiger partial charge >= 0.3 is 0 Å². The molecule has 0 atom stereocenters. The maximum Gasteiger partial charge on any atom is 0.161 e. The third-order valence-corrected chi connectivity index (χ3v) is 3.85. The largest absolute Gasteiger partial charge is 0.297 e. The van der Waals surface area contributed by atoms with Crippen molar-refractivity contribution >= 4 is 29.2 Å². The molecular weight excluding hydrogens is 261 g/mol. The van der Waals surface area contributed by atoms with E-state index in [-0.39, 0.29) is 5.82 Å². The normalized spacial score (nSPS) is 10.6. The van der Waals surface area contributed by atoms with Crippen LogP contribution in [0.3, 0.4) is 0 Å². The van der Waals surface area contributed by atoms with E-state index in [1.165, 1.54) is 17.4 Å². The Bertz CT molecular complexity index is 594. The third-order valence-electron chi connectivity index (χ3n) is 2.42. The van der Waals surface area contributed by atoms with Crippen LogP contribution in [-0.2, 0) is 0 Å². The number of hydrogen-bond acceptors (Lipinski definition) is 3. The summed E-state index contributed by atoms with van der Waals surface area (Å²) in [6.45, 7) is 3.39. The zero-order chi connectivity index (χ0) is 12.6. The van der Waals surface area contributed by atoms with Gasteiger partial charge in [-0.25, -0.2) is 9.37 Å². The molecule has 2 aromatic rings. The second-order valence-electron chi connectivity index (χ2n) is 3.67. The molecule has 1 aromatic carbocycles. The molecule has 17 heavy (non-hydrogen) atoms. The van der Waals surface area contributed by atoms with E-state index in [0.717, 1.165) is 6.29 Å². The van der Waals surface area contributed by atoms with Gasteiger partial charge in [-0.3, -0.25) is 4.79 Å². The van der Waals surface area contributed by atoms with Gasteiger partial charge in [-0.05, 0) is 31.5 Å². The maximum absolute atomic E-state index is 13.5. The number of carbonyl (C=O) groups excluding carboxylic acids is 1. The Morgan fingerprint density at radius 1 is 1.41 bits per heavy atom. The van der Waals surface area contributed by atoms with E-state index < -0.39 is 0 Å². The first-order valence-corrected chi connectivity index (χ1v) is 6.11. The SMILES string of the molecule is Cc1cc(Cl)c(-c2nc(C)c(C=O)s2)cc1F. The Balaban J connectivity index is 2.59. The van der Waals surface area contributed by atoms with E-state index >= 15 is 0 Å². The fourth-order valence-electron chi connectivity index (χ4n) is 1.44. The van der Waals surface area contributed by atoms with Crippen molar-refractivity contribution in [3.8, 4) is 10.6 Å². The van der Waals surface area contributed by atoms with E-state index in [0.29, 0.717) is 31.7 Å². The van der Waals surface area contributed by atoms with Gasteiger partial charge in [0.15, 0.2) is 6.29 Å². The molecule has 0 unspecified atom stereocenters. The van der Waals surface area contributed by atoms with Gasteiger partial charge in [-0.1, -0.05) is 11.6 Å². The monoisotopic (exact) mass is 269 g/mol. The summed E-state index contributed by atoms with van der Waals surface area (Å²) < 4.78 is 13.5. The second kappa shape index (κ2) is 4.55. The molecule has 0 spiro atoms. The first kappa shape index (κ1) is 12.2. The molecule has 0 N–H and O–H groups in total. The van der Waals surface area contributed by atoms with Crippen LogP contribution in [0.5, 0.6) is 0 Å². The number of rotatable bonds is 2. The van der Waals surface area contributed by atoms with Crippen LogP contribution in [0.1, 0.15) is 20.9 Å². The highest BCUT2D eigenvalue weighted by Crippen LogP contribution is 2.33. The Morgan fingerprint density at radius 2 is 2.12 bits per heavy atom. The number of thiazole rings is 1. The number of nitrogens with zero attached hydrogens (tertiary/aromatic N) is 1. The predicted octanol–water partition coefficient (Wildman–Crippen LogP) is 4.03. The van der Waals surface area contributed by atoms with E-state index in [9.17, 15) is 9.18 Å². The topological polar surface area (TPSA) is 30.0 Å². The van der Waals surface area contributed by atoms with Gasteiger partial charge in [0.25, 0.3) is 0 Å². The summed E-state index contributed by atoms with van der Waals surface area (Å²) in [6.07, 6.45) is 0.745. The first-order chi connectivity index (χ1) is 8.02. The number of halogens is 2. The summed E-state index contributed by atoms with van der Waals surface area (Å²) in [5.41, 5.74) is 1.65. The standard InChI is InChI=1S/C12H9ClFNOS/c1-6-3-9(13)8(4-10(6)14)12-15-7(2)11(5-16)17-12/h3-5H,1-2H3. The highest BCUT2D eigenvalue weighted by Gasteiger charge is 2.13. The Morgan fingerprint density at radius 3 is 2.71 bits per heavy atom. The van der Waals surface area contributed by atoms with Crippen LogP contribution in [-0.4, -0.2) is 11.3 Å². The van der Waals surface area contributed by atoms with E-state index in [1.807, 2.05) is 0 Å². The van der Waals surface area contributed by atoms with E-state index in [2.05, 4.69) is 4.98 Å². The summed E-state index contributed by atoms with van der Waals surface area (Å²) in [5.74, 6) is -0.329. The average molecular weight is 270 g/mol. The first-order valence-electron chi connectivity index (χ1n) is 4.91. The highest BCUT2D eigenvalue weighted by molar-refractivity contribution is 7.16. The van der Waals surface area contributed by atoms with Crippen LogP contribution >= 0.6 is 22.9 Å². The molecule has 0 aliphatic rings. The third kappa shape index (κ3) is 2.23. The molecular formula is C12H9ClFNOS. The number of carbonyl (C=O) groups is 1. The van der Waals surface area contributed by atoms with Crippen molar-refractivity contribution in [1.82, 2.24) is 4.98 Å². The number of hydrogen-bond donors (Lipinski definition) is 0. The predicted molar refractivity (Wildman–Crippen MR) is 67.4 cm³/mol. The molecule has 2 nitrogen and oxygen atoms in total. The zero-order valence-corrected chi connectivity index (χ0v) is 10.8. The lowest BCUT2D eigenvalue weighted by Gasteiger charge is -2.03. The molecule has 0 aliphatic carbocycles. The molecule has 2 rings (SSSR count). The van der Waals surface area contributed by atoms with Crippen molar-refractivity contribution in [3.63, 3.8) is 0 Å². The number of aryl methyl sites for hydroxylation is 2. The van der Waals surface area contributed by atoms with Crippen LogP contribution in [0, 0.1) is 19.7 Å². The minimum Gasteiger partial charge on any atom is -0.297 e. The Kier molecular flexibility index (Phi) is 3.26. The van der Waals surface area contributed by atoms with E-state index in [1.54, 1.807) is 19.9 Å². The lowest BCUT2D eigenvalue weighted by molar-refractivity contribution is 0.112. The van der Waals surface area contributed by atoms with Crippen molar-refractivity contribution in [2.24, 2.45) is 0 Å². The summed E-state index contributed by atoms with van der Waals surface area (Å²) in [5, 5.41) is 1.00. The zero-order valence-electron chi connectivity index (χ0n) is 9.25. The lowest BCUT2D eigenvalue weighted by atomic mass is 10.1. The summed E-state index contributed by atoms with van der Waals surface area (Å²) in [4.78, 5) is 15.5. The minimum absolute atomic E-state index is 0.329. The molecule has 1 heterocycles. The van der Waals surface area contributed by atoms with Gasteiger partial charge < -0.3 is 0 Å². The summed E-state index contributed by atoms with van der Waals surface area (Å²) in [6, 6.07) is 2.91. The Labute approximate surface area is 107 Å². The van der Waals surface area contributed by atoms with Gasteiger partial charge in [-0.15, -0.1) is 11.3 Å². The highest BCUT2D eigenvalue weighted by atomic mass is 35.5. The van der Waals surface area contributed by atoms with Crippen LogP contribution < -0.4 is 0 Å². The summed E-state index contributed by atoms with van der Waals surface area (Å²) in [7, 11) is 0. The van der Waals surface area contributed by atoms with Gasteiger partial charge in [0.2, 0.25) is 0 Å². The van der Waals surface area contributed by atoms with Crippen molar-refractivity contribution in [3.05, 3.63) is 39.1 Å². The molecule has 0 aliphatic heterocycles. The quantitative estimate of drug-likeness (QED) is 0.771. The van der Waals surface area contributed by atoms with Gasteiger partial charge in [0.1, 0.15) is 10.8 Å². The molecule has 0 radical (unpaired) electrons. The van der Waals surface area contributed by atoms with E-state index in [4.69, 9.17) is 11.6 Å². The molecule has 0 saturated heterocycles. The van der Waals surface area contributed by atoms with Crippen LogP contribution in [0.2, 0.25) is 5.02 Å². The van der Waals surface area contributed by atoms with Crippen molar-refractivity contribution < 1.29 is 9.18 Å². The molecule has 1 aromatic heterocycles. The molecule has 5 heteroatoms. The fourth-order valence-corrected chi connectivity index (χ4v) is 2.72. The van der Waals surface area contributed by atoms with Crippen LogP contribution in [0.25, 0.3) is 10.6 Å². The molecule has 0 bridgehead atoms. The molecule has 0 fully saturated rings. The molecule has 0 saturated carbocycles. The van der Waals surface area contributed by atoms with Crippen molar-refractivity contribution in [2.45, 2.75) is 13.8 Å².